The Labute approximate surface area is 214 Å². The largest absolute Gasteiger partial charge is 0.480 e. The lowest BCUT2D eigenvalue weighted by Gasteiger charge is -2.37. The molecule has 1 aromatic carbocycles. The summed E-state index contributed by atoms with van der Waals surface area (Å²) in [6.45, 7) is 0.440. The van der Waals surface area contributed by atoms with Crippen LogP contribution >= 0.6 is 0 Å². The Balaban J connectivity index is 2.40. The van der Waals surface area contributed by atoms with Crippen LogP contribution < -0.4 is 0 Å². The van der Waals surface area contributed by atoms with Crippen molar-refractivity contribution in [3.63, 3.8) is 0 Å². The first-order valence-electron chi connectivity index (χ1n) is 11.8. The van der Waals surface area contributed by atoms with Gasteiger partial charge in [-0.05, 0) is 24.1 Å². The van der Waals surface area contributed by atoms with Crippen LogP contribution in [0.4, 0.5) is 5.69 Å². The molecule has 14 nitrogen and oxygen atoms in total. The predicted octanol–water partition coefficient (Wildman–Crippen LogP) is -0.180. The first-order chi connectivity index (χ1) is 17.5. The number of hydrogen-bond donors (Lipinski definition) is 5. The zero-order chi connectivity index (χ0) is 27.4. The van der Waals surface area contributed by atoms with E-state index in [1.165, 1.54) is 0 Å². The van der Waals surface area contributed by atoms with Gasteiger partial charge in [0.25, 0.3) is 0 Å². The van der Waals surface area contributed by atoms with Crippen LogP contribution in [-0.2, 0) is 25.6 Å². The molecule has 1 saturated heterocycles. The van der Waals surface area contributed by atoms with E-state index in [1.54, 1.807) is 43.9 Å². The number of carboxylic acids is 4. The van der Waals surface area contributed by atoms with Crippen molar-refractivity contribution in [1.29, 1.82) is 5.53 Å². The summed E-state index contributed by atoms with van der Waals surface area (Å²) in [4.78, 5) is 52.8. The van der Waals surface area contributed by atoms with E-state index < -0.39 is 29.9 Å². The monoisotopic (exact) mass is 522 g/mol. The summed E-state index contributed by atoms with van der Waals surface area (Å²) < 4.78 is 0. The van der Waals surface area contributed by atoms with Crippen molar-refractivity contribution in [3.8, 4) is 0 Å². The van der Waals surface area contributed by atoms with Gasteiger partial charge in [-0.15, -0.1) is 0 Å². The predicted molar refractivity (Wildman–Crippen MR) is 130 cm³/mol. The third kappa shape index (κ3) is 11.4. The molecule has 37 heavy (non-hydrogen) atoms. The van der Waals surface area contributed by atoms with Crippen LogP contribution in [0.2, 0.25) is 0 Å². The maximum Gasteiger partial charge on any atom is 0.317 e. The van der Waals surface area contributed by atoms with Crippen molar-refractivity contribution < 1.29 is 39.6 Å². The fraction of sp³-hybridized carbons (Fsp3) is 0.565. The van der Waals surface area contributed by atoms with Crippen LogP contribution in [0.3, 0.4) is 0 Å². The summed E-state index contributed by atoms with van der Waals surface area (Å²) in [5.74, 6) is -4.22. The van der Waals surface area contributed by atoms with E-state index in [2.05, 4.69) is 5.11 Å². The quantitative estimate of drug-likeness (QED) is 0.241. The average molecular weight is 523 g/mol. The van der Waals surface area contributed by atoms with Crippen LogP contribution in [0.1, 0.15) is 5.56 Å². The Hall–Kier alpha value is -3.46. The third-order valence-electron chi connectivity index (χ3n) is 6.11. The molecular formula is C23H34N6O8. The number of aliphatic carboxylic acids is 4. The number of carbonyl (C=O) groups is 4. The van der Waals surface area contributed by atoms with Crippen molar-refractivity contribution in [2.75, 3.05) is 72.0 Å². The topological polar surface area (TPSA) is 198 Å². The molecule has 0 radical (unpaired) electrons. The van der Waals surface area contributed by atoms with Gasteiger partial charge in [-0.25, -0.2) is 5.53 Å². The molecule has 1 fully saturated rings. The number of nitrogens with one attached hydrogen (secondary N) is 1. The standard InChI is InChI=1S/C23H34N6O8/c24-25-18-3-1-17(2-4-18)11-19-12-28(15-22(34)35)8-7-26(13-20(30)31)5-6-27(14-21(32)33)9-10-29(19)16-23(36)37/h1-4,19,24H,5-16H2,(H,30,31)(H,32,33)(H,34,35)(H,36,37). The van der Waals surface area contributed by atoms with Gasteiger partial charge in [0, 0.05) is 51.9 Å². The van der Waals surface area contributed by atoms with Crippen LogP contribution in [0.25, 0.3) is 0 Å². The minimum Gasteiger partial charge on any atom is -0.480 e. The molecule has 1 heterocycles. The van der Waals surface area contributed by atoms with Crippen LogP contribution in [0.15, 0.2) is 29.4 Å². The van der Waals surface area contributed by atoms with E-state index in [-0.39, 0.29) is 72.0 Å². The van der Waals surface area contributed by atoms with Gasteiger partial charge in [0.1, 0.15) is 0 Å². The van der Waals surface area contributed by atoms with Gasteiger partial charge >= 0.3 is 23.9 Å². The Morgan fingerprint density at radius 3 is 1.59 bits per heavy atom. The lowest BCUT2D eigenvalue weighted by molar-refractivity contribution is -0.142. The lowest BCUT2D eigenvalue weighted by Crippen LogP contribution is -2.53. The highest BCUT2D eigenvalue weighted by Gasteiger charge is 2.27. The smallest absolute Gasteiger partial charge is 0.317 e. The molecule has 1 unspecified atom stereocenters. The summed E-state index contributed by atoms with van der Waals surface area (Å²) in [6, 6.07) is 6.43. The Morgan fingerprint density at radius 2 is 1.14 bits per heavy atom. The summed E-state index contributed by atoms with van der Waals surface area (Å²) in [6.07, 6.45) is 0.374. The highest BCUT2D eigenvalue weighted by atomic mass is 16.4. The fourth-order valence-corrected chi connectivity index (χ4v) is 4.33. The van der Waals surface area contributed by atoms with Crippen molar-refractivity contribution in [2.45, 2.75) is 12.5 Å². The maximum absolute atomic E-state index is 11.7. The first-order valence-corrected chi connectivity index (χ1v) is 11.8. The molecule has 0 saturated carbocycles. The molecule has 0 spiro atoms. The van der Waals surface area contributed by atoms with E-state index in [4.69, 9.17) is 5.53 Å². The number of hydrogen-bond acceptors (Lipinski definition) is 10. The maximum atomic E-state index is 11.7. The third-order valence-corrected chi connectivity index (χ3v) is 6.11. The Morgan fingerprint density at radius 1 is 0.703 bits per heavy atom. The SMILES string of the molecule is N=Nc1ccc(CC2CN(CC(=O)O)CCN(CC(=O)O)CCN(CC(=O)O)CCN2CC(=O)O)cc1. The molecule has 1 atom stereocenters. The fourth-order valence-electron chi connectivity index (χ4n) is 4.33. The van der Waals surface area contributed by atoms with Gasteiger partial charge < -0.3 is 20.4 Å². The van der Waals surface area contributed by atoms with E-state index in [9.17, 15) is 39.6 Å². The van der Waals surface area contributed by atoms with Gasteiger partial charge in [-0.2, -0.15) is 5.11 Å². The minimum absolute atomic E-state index is 0.198. The number of rotatable bonds is 11. The number of nitrogens with zero attached hydrogens (tertiary/aromatic N) is 5. The number of benzene rings is 1. The second kappa shape index (κ2) is 14.9. The molecule has 1 aromatic rings. The highest BCUT2D eigenvalue weighted by Crippen LogP contribution is 2.17. The molecule has 0 aromatic heterocycles. The molecule has 14 heteroatoms. The molecule has 204 valence electrons. The van der Waals surface area contributed by atoms with Crippen molar-refractivity contribution in [2.24, 2.45) is 5.11 Å². The lowest BCUT2D eigenvalue weighted by atomic mass is 10.0. The summed E-state index contributed by atoms with van der Waals surface area (Å²) in [5.41, 5.74) is 8.43. The zero-order valence-electron chi connectivity index (χ0n) is 20.5. The first kappa shape index (κ1) is 29.8. The van der Waals surface area contributed by atoms with E-state index in [0.29, 0.717) is 12.1 Å². The van der Waals surface area contributed by atoms with Gasteiger partial charge in [0.05, 0.1) is 31.9 Å². The highest BCUT2D eigenvalue weighted by molar-refractivity contribution is 5.70. The molecule has 5 N–H and O–H groups in total. The van der Waals surface area contributed by atoms with E-state index in [0.717, 1.165) is 5.56 Å². The minimum atomic E-state index is -1.07. The van der Waals surface area contributed by atoms with Crippen molar-refractivity contribution in [3.05, 3.63) is 29.8 Å². The average Bonchev–Trinajstić information content (AvgIpc) is 2.81. The molecule has 0 amide bonds. The normalized spacial score (nSPS) is 19.4. The van der Waals surface area contributed by atoms with E-state index in [1.807, 2.05) is 0 Å². The van der Waals surface area contributed by atoms with Crippen molar-refractivity contribution >= 4 is 29.6 Å². The van der Waals surface area contributed by atoms with Gasteiger partial charge in [-0.3, -0.25) is 38.8 Å². The summed E-state index contributed by atoms with van der Waals surface area (Å²) in [5, 5.41) is 41.1. The molecule has 0 bridgehead atoms. The Kier molecular flexibility index (Phi) is 12.0. The molecule has 1 aliphatic rings. The van der Waals surface area contributed by atoms with E-state index >= 15 is 0 Å². The van der Waals surface area contributed by atoms with Gasteiger partial charge in [0.15, 0.2) is 0 Å². The summed E-state index contributed by atoms with van der Waals surface area (Å²) in [7, 11) is 0. The molecule has 0 aliphatic carbocycles. The van der Waals surface area contributed by atoms with Crippen LogP contribution in [-0.4, -0.2) is 142 Å². The zero-order valence-corrected chi connectivity index (χ0v) is 20.5. The second-order valence-corrected chi connectivity index (χ2v) is 8.97. The van der Waals surface area contributed by atoms with Crippen LogP contribution in [0, 0.1) is 5.53 Å². The van der Waals surface area contributed by atoms with Gasteiger partial charge in [0.2, 0.25) is 0 Å². The molecule has 1 aliphatic heterocycles. The second-order valence-electron chi connectivity index (χ2n) is 8.97. The van der Waals surface area contributed by atoms with Crippen LogP contribution in [0.5, 0.6) is 0 Å². The molecular weight excluding hydrogens is 488 g/mol. The molecule has 2 rings (SSSR count). The van der Waals surface area contributed by atoms with Gasteiger partial charge in [-0.1, -0.05) is 12.1 Å². The van der Waals surface area contributed by atoms with Crippen molar-refractivity contribution in [1.82, 2.24) is 19.6 Å². The summed E-state index contributed by atoms with van der Waals surface area (Å²) >= 11 is 0. The Bertz CT molecular complexity index is 944. The number of carboxylic acid groups (broad SMARTS) is 4.